The quantitative estimate of drug-likeness (QED) is 0.854. The SMILES string of the molecule is c1nc(N2CCCC2)cc(N2CCC(OC3CCCC3)CC2)n1. The van der Waals surface area contributed by atoms with Crippen molar-refractivity contribution in [1.82, 2.24) is 9.97 Å². The molecule has 1 aromatic rings. The lowest BCUT2D eigenvalue weighted by atomic mass is 10.1. The van der Waals surface area contributed by atoms with Crippen molar-refractivity contribution in [2.24, 2.45) is 0 Å². The average molecular weight is 316 g/mol. The normalized spacial score (nSPS) is 23.8. The molecule has 0 radical (unpaired) electrons. The summed E-state index contributed by atoms with van der Waals surface area (Å²) < 4.78 is 6.27. The first-order valence-electron chi connectivity index (χ1n) is 9.36. The Hall–Kier alpha value is -1.36. The number of hydrogen-bond acceptors (Lipinski definition) is 5. The van der Waals surface area contributed by atoms with Crippen LogP contribution >= 0.6 is 0 Å². The van der Waals surface area contributed by atoms with Crippen LogP contribution in [-0.2, 0) is 4.74 Å². The Morgan fingerprint density at radius 2 is 1.30 bits per heavy atom. The summed E-state index contributed by atoms with van der Waals surface area (Å²) in [5.41, 5.74) is 0. The van der Waals surface area contributed by atoms with Gasteiger partial charge < -0.3 is 14.5 Å². The van der Waals surface area contributed by atoms with Gasteiger partial charge in [0.05, 0.1) is 12.2 Å². The van der Waals surface area contributed by atoms with E-state index in [2.05, 4.69) is 25.8 Å². The molecular formula is C18H28N4O. The fourth-order valence-corrected chi connectivity index (χ4v) is 4.15. The molecule has 2 aliphatic heterocycles. The molecule has 5 heteroatoms. The molecule has 23 heavy (non-hydrogen) atoms. The van der Waals surface area contributed by atoms with Crippen LogP contribution in [0.3, 0.4) is 0 Å². The van der Waals surface area contributed by atoms with E-state index in [4.69, 9.17) is 4.74 Å². The summed E-state index contributed by atoms with van der Waals surface area (Å²) in [7, 11) is 0. The van der Waals surface area contributed by atoms with Gasteiger partial charge in [-0.05, 0) is 38.5 Å². The summed E-state index contributed by atoms with van der Waals surface area (Å²) >= 11 is 0. The Labute approximate surface area is 139 Å². The summed E-state index contributed by atoms with van der Waals surface area (Å²) in [5.74, 6) is 2.18. The van der Waals surface area contributed by atoms with Crippen LogP contribution in [0.25, 0.3) is 0 Å². The number of hydrogen-bond donors (Lipinski definition) is 0. The largest absolute Gasteiger partial charge is 0.375 e. The van der Waals surface area contributed by atoms with Crippen molar-refractivity contribution in [3.8, 4) is 0 Å². The molecule has 0 N–H and O–H groups in total. The van der Waals surface area contributed by atoms with E-state index in [9.17, 15) is 0 Å². The van der Waals surface area contributed by atoms with E-state index in [0.717, 1.165) is 50.7 Å². The van der Waals surface area contributed by atoms with Crippen molar-refractivity contribution in [2.75, 3.05) is 36.0 Å². The van der Waals surface area contributed by atoms with E-state index in [-0.39, 0.29) is 0 Å². The molecule has 5 nitrogen and oxygen atoms in total. The molecule has 0 amide bonds. The van der Waals surface area contributed by atoms with Crippen LogP contribution in [-0.4, -0.2) is 48.4 Å². The second-order valence-corrected chi connectivity index (χ2v) is 7.16. The lowest BCUT2D eigenvalue weighted by Gasteiger charge is -2.34. The molecule has 0 aromatic carbocycles. The number of nitrogens with zero attached hydrogens (tertiary/aromatic N) is 4. The summed E-state index contributed by atoms with van der Waals surface area (Å²) in [6.45, 7) is 4.36. The lowest BCUT2D eigenvalue weighted by Crippen LogP contribution is -2.38. The van der Waals surface area contributed by atoms with Crippen molar-refractivity contribution in [3.05, 3.63) is 12.4 Å². The second kappa shape index (κ2) is 7.04. The maximum atomic E-state index is 6.27. The summed E-state index contributed by atoms with van der Waals surface area (Å²) in [6, 6.07) is 2.17. The monoisotopic (exact) mass is 316 g/mol. The summed E-state index contributed by atoms with van der Waals surface area (Å²) in [6.07, 6.45) is 12.8. The van der Waals surface area contributed by atoms with Crippen molar-refractivity contribution in [1.29, 1.82) is 0 Å². The minimum Gasteiger partial charge on any atom is -0.375 e. The Morgan fingerprint density at radius 3 is 1.96 bits per heavy atom. The third-order valence-electron chi connectivity index (χ3n) is 5.52. The van der Waals surface area contributed by atoms with Gasteiger partial charge in [0.15, 0.2) is 0 Å². The third-order valence-corrected chi connectivity index (χ3v) is 5.52. The van der Waals surface area contributed by atoms with Crippen LogP contribution in [0.2, 0.25) is 0 Å². The highest BCUT2D eigenvalue weighted by Gasteiger charge is 2.25. The maximum Gasteiger partial charge on any atom is 0.134 e. The third kappa shape index (κ3) is 3.60. The highest BCUT2D eigenvalue weighted by molar-refractivity contribution is 5.50. The average Bonchev–Trinajstić information content (AvgIpc) is 3.29. The zero-order valence-corrected chi connectivity index (χ0v) is 14.0. The Balaban J connectivity index is 1.33. The molecule has 2 saturated heterocycles. The van der Waals surface area contributed by atoms with Gasteiger partial charge in [-0.25, -0.2) is 9.97 Å². The molecule has 1 aromatic heterocycles. The van der Waals surface area contributed by atoms with Gasteiger partial charge in [0.2, 0.25) is 0 Å². The van der Waals surface area contributed by atoms with Crippen molar-refractivity contribution in [3.63, 3.8) is 0 Å². The van der Waals surface area contributed by atoms with Gasteiger partial charge in [0.25, 0.3) is 0 Å². The van der Waals surface area contributed by atoms with E-state index in [0.29, 0.717) is 12.2 Å². The van der Waals surface area contributed by atoms with Gasteiger partial charge >= 0.3 is 0 Å². The van der Waals surface area contributed by atoms with Crippen LogP contribution in [0.4, 0.5) is 11.6 Å². The molecule has 1 saturated carbocycles. The van der Waals surface area contributed by atoms with Crippen LogP contribution < -0.4 is 9.80 Å². The molecule has 126 valence electrons. The summed E-state index contributed by atoms with van der Waals surface area (Å²) in [4.78, 5) is 13.7. The molecule has 3 heterocycles. The van der Waals surface area contributed by atoms with E-state index in [1.165, 1.54) is 38.5 Å². The first-order valence-corrected chi connectivity index (χ1v) is 9.36. The Morgan fingerprint density at radius 1 is 0.739 bits per heavy atom. The standard InChI is InChI=1S/C18H28N4O/c1-2-6-15(5-1)23-16-7-11-22(12-8-16)18-13-17(19-14-20-18)21-9-3-4-10-21/h13-16H,1-12H2. The molecular weight excluding hydrogens is 288 g/mol. The molecule has 0 bridgehead atoms. The van der Waals surface area contributed by atoms with Crippen LogP contribution in [0.15, 0.2) is 12.4 Å². The van der Waals surface area contributed by atoms with E-state index >= 15 is 0 Å². The maximum absolute atomic E-state index is 6.27. The number of aromatic nitrogens is 2. The Bertz CT molecular complexity index is 503. The molecule has 3 aliphatic rings. The minimum atomic E-state index is 0.453. The lowest BCUT2D eigenvalue weighted by molar-refractivity contribution is -0.0195. The van der Waals surface area contributed by atoms with Gasteiger partial charge in [0, 0.05) is 32.2 Å². The van der Waals surface area contributed by atoms with Crippen LogP contribution in [0.5, 0.6) is 0 Å². The fraction of sp³-hybridized carbons (Fsp3) is 0.778. The first-order chi connectivity index (χ1) is 11.4. The predicted octanol–water partition coefficient (Wildman–Crippen LogP) is 3.00. The van der Waals surface area contributed by atoms with E-state index < -0.39 is 0 Å². The molecule has 0 atom stereocenters. The van der Waals surface area contributed by atoms with Gasteiger partial charge in [-0.3, -0.25) is 0 Å². The van der Waals surface area contributed by atoms with E-state index in [1.807, 2.05) is 0 Å². The van der Waals surface area contributed by atoms with Gasteiger partial charge in [-0.15, -0.1) is 0 Å². The van der Waals surface area contributed by atoms with Crippen molar-refractivity contribution >= 4 is 11.6 Å². The zero-order valence-electron chi connectivity index (χ0n) is 14.0. The van der Waals surface area contributed by atoms with Crippen molar-refractivity contribution in [2.45, 2.75) is 63.6 Å². The highest BCUT2D eigenvalue weighted by Crippen LogP contribution is 2.27. The van der Waals surface area contributed by atoms with Crippen LogP contribution in [0.1, 0.15) is 51.4 Å². The van der Waals surface area contributed by atoms with Gasteiger partial charge in [-0.1, -0.05) is 12.8 Å². The van der Waals surface area contributed by atoms with Gasteiger partial charge in [-0.2, -0.15) is 0 Å². The predicted molar refractivity (Wildman–Crippen MR) is 92.1 cm³/mol. The molecule has 3 fully saturated rings. The fourth-order valence-electron chi connectivity index (χ4n) is 4.15. The molecule has 0 unspecified atom stereocenters. The first kappa shape index (κ1) is 15.2. The van der Waals surface area contributed by atoms with Gasteiger partial charge in [0.1, 0.15) is 18.0 Å². The zero-order chi connectivity index (χ0) is 15.5. The number of anilines is 2. The van der Waals surface area contributed by atoms with E-state index in [1.54, 1.807) is 6.33 Å². The molecule has 0 spiro atoms. The Kier molecular flexibility index (Phi) is 4.64. The summed E-state index contributed by atoms with van der Waals surface area (Å²) in [5, 5.41) is 0. The highest BCUT2D eigenvalue weighted by atomic mass is 16.5. The topological polar surface area (TPSA) is 41.5 Å². The second-order valence-electron chi connectivity index (χ2n) is 7.16. The molecule has 4 rings (SSSR count). The molecule has 1 aliphatic carbocycles. The minimum absolute atomic E-state index is 0.453. The smallest absolute Gasteiger partial charge is 0.134 e. The van der Waals surface area contributed by atoms with Crippen LogP contribution in [0, 0.1) is 0 Å². The number of ether oxygens (including phenoxy) is 1. The number of piperidine rings is 1. The van der Waals surface area contributed by atoms with Crippen molar-refractivity contribution < 1.29 is 4.74 Å². The number of rotatable bonds is 4.